The molecule has 3 aromatic rings. The maximum atomic E-state index is 13.7. The van der Waals surface area contributed by atoms with Crippen LogP contribution in [0.5, 0.6) is 28.7 Å². The minimum absolute atomic E-state index is 0.000120. The molecule has 1 atom stereocenters. The van der Waals surface area contributed by atoms with Crippen LogP contribution < -0.4 is 28.6 Å². The first-order valence-electron chi connectivity index (χ1n) is 12.1. The number of nitrogens with zero attached hydrogens (tertiary/aromatic N) is 1. The van der Waals surface area contributed by atoms with Crippen LogP contribution in [0.3, 0.4) is 0 Å². The second-order valence-corrected chi connectivity index (χ2v) is 9.26. The highest BCUT2D eigenvalue weighted by Gasteiger charge is 2.48. The number of aliphatic hydroxyl groups excluding tert-OH is 1. The Morgan fingerprint density at radius 1 is 0.875 bits per heavy atom. The van der Waals surface area contributed by atoms with Crippen LogP contribution in [0.2, 0.25) is 10.0 Å². The van der Waals surface area contributed by atoms with Gasteiger partial charge in [0.05, 0.1) is 62.9 Å². The molecule has 1 heterocycles. The van der Waals surface area contributed by atoms with E-state index in [4.69, 9.17) is 46.9 Å². The summed E-state index contributed by atoms with van der Waals surface area (Å²) in [7, 11) is 5.68. The zero-order valence-electron chi connectivity index (χ0n) is 22.4. The average Bonchev–Trinajstić information content (AvgIpc) is 3.22. The van der Waals surface area contributed by atoms with Gasteiger partial charge in [-0.15, -0.1) is 0 Å². The lowest BCUT2D eigenvalue weighted by Gasteiger charge is -2.27. The average molecular weight is 588 g/mol. The predicted molar refractivity (Wildman–Crippen MR) is 152 cm³/mol. The maximum Gasteiger partial charge on any atom is 0.300 e. The summed E-state index contributed by atoms with van der Waals surface area (Å²) < 4.78 is 27.4. The van der Waals surface area contributed by atoms with Crippen molar-refractivity contribution in [1.29, 1.82) is 0 Å². The van der Waals surface area contributed by atoms with Crippen LogP contribution in [0.4, 0.5) is 5.69 Å². The number of rotatable bonds is 9. The molecule has 1 aliphatic heterocycles. The van der Waals surface area contributed by atoms with E-state index in [2.05, 4.69) is 0 Å². The highest BCUT2D eigenvalue weighted by Crippen LogP contribution is 2.49. The molecular weight excluding hydrogens is 561 g/mol. The number of para-hydroxylation sites is 2. The Kier molecular flexibility index (Phi) is 8.66. The molecule has 3 aromatic carbocycles. The van der Waals surface area contributed by atoms with E-state index in [1.165, 1.54) is 39.4 Å². The molecule has 1 unspecified atom stereocenters. The van der Waals surface area contributed by atoms with Crippen molar-refractivity contribution in [3.63, 3.8) is 0 Å². The summed E-state index contributed by atoms with van der Waals surface area (Å²) in [6.45, 7) is 2.16. The number of amides is 1. The molecule has 1 saturated heterocycles. The molecule has 0 bridgehead atoms. The van der Waals surface area contributed by atoms with E-state index in [1.807, 2.05) is 6.92 Å². The number of halogens is 2. The monoisotopic (exact) mass is 587 g/mol. The third kappa shape index (κ3) is 4.87. The van der Waals surface area contributed by atoms with Gasteiger partial charge < -0.3 is 28.8 Å². The summed E-state index contributed by atoms with van der Waals surface area (Å²) in [5.41, 5.74) is 0.558. The molecule has 1 fully saturated rings. The number of carbonyl (C=O) groups excluding carboxylic acids is 2. The van der Waals surface area contributed by atoms with E-state index in [-0.39, 0.29) is 32.7 Å². The van der Waals surface area contributed by atoms with E-state index in [9.17, 15) is 14.7 Å². The van der Waals surface area contributed by atoms with Crippen LogP contribution in [0.25, 0.3) is 5.76 Å². The van der Waals surface area contributed by atoms with Gasteiger partial charge in [0.15, 0.2) is 23.0 Å². The van der Waals surface area contributed by atoms with Crippen LogP contribution in [0, 0.1) is 0 Å². The van der Waals surface area contributed by atoms with Gasteiger partial charge in [0.2, 0.25) is 0 Å². The SMILES string of the molecule is CCOc1cc(C2/C(=C(\O)c3cc(Cl)c(OC)c(Cl)c3OC)C(=O)C(=O)N2c2ccccc2OC)ccc1OC. The third-order valence-corrected chi connectivity index (χ3v) is 7.01. The first-order valence-corrected chi connectivity index (χ1v) is 12.8. The van der Waals surface area contributed by atoms with Crippen LogP contribution in [-0.2, 0) is 9.59 Å². The molecule has 0 aliphatic carbocycles. The summed E-state index contributed by atoms with van der Waals surface area (Å²) >= 11 is 12.8. The van der Waals surface area contributed by atoms with Gasteiger partial charge >= 0.3 is 0 Å². The van der Waals surface area contributed by atoms with Crippen molar-refractivity contribution in [2.45, 2.75) is 13.0 Å². The number of benzene rings is 3. The minimum atomic E-state index is -1.11. The smallest absolute Gasteiger partial charge is 0.300 e. The molecule has 9 nitrogen and oxygen atoms in total. The molecule has 11 heteroatoms. The molecule has 0 spiro atoms. The van der Waals surface area contributed by atoms with Crippen molar-refractivity contribution >= 4 is 46.3 Å². The van der Waals surface area contributed by atoms with Crippen molar-refractivity contribution in [3.05, 3.63) is 75.3 Å². The number of ether oxygens (including phenoxy) is 5. The van der Waals surface area contributed by atoms with Crippen LogP contribution >= 0.6 is 23.2 Å². The zero-order chi connectivity index (χ0) is 29.1. The molecule has 0 aromatic heterocycles. The van der Waals surface area contributed by atoms with Crippen LogP contribution in [0.1, 0.15) is 24.1 Å². The van der Waals surface area contributed by atoms with Gasteiger partial charge in [0, 0.05) is 0 Å². The molecule has 1 N–H and O–H groups in total. The fourth-order valence-corrected chi connectivity index (χ4v) is 5.34. The summed E-state index contributed by atoms with van der Waals surface area (Å²) in [5.74, 6) is -1.04. The Labute approximate surface area is 241 Å². The van der Waals surface area contributed by atoms with Gasteiger partial charge in [0.1, 0.15) is 16.5 Å². The number of carbonyl (C=O) groups is 2. The summed E-state index contributed by atoms with van der Waals surface area (Å²) in [5, 5.41) is 11.7. The lowest BCUT2D eigenvalue weighted by atomic mass is 9.94. The Bertz CT molecular complexity index is 1500. The van der Waals surface area contributed by atoms with Crippen molar-refractivity contribution in [3.8, 4) is 28.7 Å². The lowest BCUT2D eigenvalue weighted by Crippen LogP contribution is -2.29. The second-order valence-electron chi connectivity index (χ2n) is 8.47. The Morgan fingerprint density at radius 3 is 2.17 bits per heavy atom. The Morgan fingerprint density at radius 2 is 1.55 bits per heavy atom. The van der Waals surface area contributed by atoms with Crippen LogP contribution in [-0.4, -0.2) is 51.8 Å². The molecular formula is C29H27Cl2NO8. The highest BCUT2D eigenvalue weighted by atomic mass is 35.5. The van der Waals surface area contributed by atoms with E-state index < -0.39 is 23.5 Å². The van der Waals surface area contributed by atoms with Gasteiger partial charge in [-0.25, -0.2) is 0 Å². The van der Waals surface area contributed by atoms with Crippen molar-refractivity contribution in [1.82, 2.24) is 0 Å². The Hall–Kier alpha value is -4.08. The molecule has 4 rings (SSSR count). The van der Waals surface area contributed by atoms with E-state index >= 15 is 0 Å². The maximum absolute atomic E-state index is 13.7. The predicted octanol–water partition coefficient (Wildman–Crippen LogP) is 6.05. The van der Waals surface area contributed by atoms with Crippen molar-refractivity contribution in [2.75, 3.05) is 39.9 Å². The minimum Gasteiger partial charge on any atom is -0.507 e. The van der Waals surface area contributed by atoms with E-state index in [0.717, 1.165) is 0 Å². The normalized spacial score (nSPS) is 16.2. The molecule has 210 valence electrons. The molecule has 0 radical (unpaired) electrons. The number of aliphatic hydroxyl groups is 1. The quantitative estimate of drug-likeness (QED) is 0.183. The molecule has 0 saturated carbocycles. The number of hydrogen-bond donors (Lipinski definition) is 1. The third-order valence-electron chi connectivity index (χ3n) is 6.39. The fraction of sp³-hybridized carbons (Fsp3) is 0.241. The number of ketones is 1. The van der Waals surface area contributed by atoms with Gasteiger partial charge in [-0.3, -0.25) is 14.5 Å². The molecule has 1 aliphatic rings. The number of Topliss-reactive ketones (excluding diaryl/α,β-unsaturated/α-hetero) is 1. The molecule has 1 amide bonds. The van der Waals surface area contributed by atoms with Gasteiger partial charge in [0.25, 0.3) is 11.7 Å². The van der Waals surface area contributed by atoms with Crippen molar-refractivity contribution < 1.29 is 38.4 Å². The first kappa shape index (κ1) is 28.9. The summed E-state index contributed by atoms with van der Waals surface area (Å²) in [4.78, 5) is 28.6. The highest BCUT2D eigenvalue weighted by molar-refractivity contribution is 6.52. The Balaban J connectivity index is 2.06. The van der Waals surface area contributed by atoms with Gasteiger partial charge in [-0.05, 0) is 42.8 Å². The number of anilines is 1. The van der Waals surface area contributed by atoms with Gasteiger partial charge in [-0.1, -0.05) is 41.4 Å². The van der Waals surface area contributed by atoms with Crippen molar-refractivity contribution in [2.24, 2.45) is 0 Å². The van der Waals surface area contributed by atoms with Crippen LogP contribution in [0.15, 0.2) is 54.1 Å². The summed E-state index contributed by atoms with van der Waals surface area (Å²) in [6, 6.07) is 12.0. The fourth-order valence-electron chi connectivity index (χ4n) is 4.65. The number of methoxy groups -OCH3 is 4. The largest absolute Gasteiger partial charge is 0.507 e. The molecule has 40 heavy (non-hydrogen) atoms. The zero-order valence-corrected chi connectivity index (χ0v) is 23.9. The topological polar surface area (TPSA) is 104 Å². The first-order chi connectivity index (χ1) is 19.2. The van der Waals surface area contributed by atoms with E-state index in [0.29, 0.717) is 35.1 Å². The summed E-state index contributed by atoms with van der Waals surface area (Å²) in [6.07, 6.45) is 0. The van der Waals surface area contributed by atoms with Gasteiger partial charge in [-0.2, -0.15) is 0 Å². The van der Waals surface area contributed by atoms with E-state index in [1.54, 1.807) is 42.5 Å². The second kappa shape index (κ2) is 12.0. The standard InChI is InChI=1S/C29H27Cl2NO8/c1-6-40-21-13-15(11-12-20(21)37-3)24-22(25(33)16-14-17(30)28(39-5)23(31)27(16)38-4)26(34)29(35)32(24)18-9-7-8-10-19(18)36-2/h7-14,24,33H,6H2,1-5H3/b25-22+. The lowest BCUT2D eigenvalue weighted by molar-refractivity contribution is -0.132. The number of hydrogen-bond acceptors (Lipinski definition) is 8.